The molecule has 0 aromatic rings. The molecule has 0 N–H and O–H groups in total. The van der Waals surface area contributed by atoms with Crippen LogP contribution < -0.4 is 0 Å². The topological polar surface area (TPSA) is 0 Å². The van der Waals surface area contributed by atoms with Crippen LogP contribution in [0.4, 0.5) is 0 Å². The van der Waals surface area contributed by atoms with Gasteiger partial charge in [-0.05, 0) is 23.5 Å². The van der Waals surface area contributed by atoms with E-state index in [-0.39, 0.29) is 0 Å². The van der Waals surface area contributed by atoms with Crippen LogP contribution in [0.3, 0.4) is 0 Å². The Kier molecular flexibility index (Phi) is 7.62. The van der Waals surface area contributed by atoms with Crippen LogP contribution in [0.1, 0.15) is 34.6 Å². The fourth-order valence-electron chi connectivity index (χ4n) is 0.883. The quantitative estimate of drug-likeness (QED) is 0.641. The van der Waals surface area contributed by atoms with Crippen molar-refractivity contribution in [1.82, 2.24) is 0 Å². The van der Waals surface area contributed by atoms with Crippen LogP contribution in [0.25, 0.3) is 0 Å². The molecule has 0 aliphatic carbocycles. The summed E-state index contributed by atoms with van der Waals surface area (Å²) < 4.78 is 0. The van der Waals surface area contributed by atoms with Gasteiger partial charge in [0.25, 0.3) is 0 Å². The zero-order valence-corrected chi connectivity index (χ0v) is 11.9. The third-order valence-electron chi connectivity index (χ3n) is 2.65. The van der Waals surface area contributed by atoms with Crippen molar-refractivity contribution < 1.29 is 0 Å². The number of hydrogen-bond donors (Lipinski definition) is 0. The maximum atomic E-state index is 3.59. The number of rotatable bonds is 6. The summed E-state index contributed by atoms with van der Waals surface area (Å²) in [6, 6.07) is 0. The molecule has 0 spiro atoms. The maximum absolute atomic E-state index is 3.59. The Morgan fingerprint density at radius 2 is 1.54 bits per heavy atom. The van der Waals surface area contributed by atoms with Gasteiger partial charge in [-0.25, -0.2) is 0 Å². The molecule has 0 fully saturated rings. The molecule has 0 aromatic heterocycles. The third-order valence-corrected chi connectivity index (χ3v) is 5.18. The second-order valence-electron chi connectivity index (χ2n) is 4.44. The van der Waals surface area contributed by atoms with Crippen molar-refractivity contribution in [1.29, 1.82) is 0 Å². The number of thioether (sulfide) groups is 1. The first-order valence-electron chi connectivity index (χ1n) is 5.16. The smallest absolute Gasteiger partial charge is 0.00700 e. The highest BCUT2D eigenvalue weighted by Gasteiger charge is 2.15. The van der Waals surface area contributed by atoms with Gasteiger partial charge in [0.15, 0.2) is 0 Å². The first kappa shape index (κ1) is 13.8. The largest absolute Gasteiger partial charge is 0.158 e. The van der Waals surface area contributed by atoms with Crippen molar-refractivity contribution in [2.24, 2.45) is 17.8 Å². The maximum Gasteiger partial charge on any atom is 0.00700 e. The molecule has 0 radical (unpaired) electrons. The van der Waals surface area contributed by atoms with Gasteiger partial charge in [-0.1, -0.05) is 50.5 Å². The molecule has 0 nitrogen and oxygen atoms in total. The van der Waals surface area contributed by atoms with E-state index in [2.05, 4.69) is 62.3 Å². The molecule has 0 aliphatic rings. The van der Waals surface area contributed by atoms with E-state index in [1.165, 1.54) is 5.75 Å². The summed E-state index contributed by atoms with van der Waals surface area (Å²) in [5.41, 5.74) is 0. The molecule has 0 heterocycles. The van der Waals surface area contributed by atoms with Crippen LogP contribution in [0, 0.1) is 17.8 Å². The lowest BCUT2D eigenvalue weighted by Gasteiger charge is -2.21. The van der Waals surface area contributed by atoms with Gasteiger partial charge in [0.05, 0.1) is 0 Å². The molecular weight excluding hydrogens is 244 g/mol. The van der Waals surface area contributed by atoms with E-state index in [1.807, 2.05) is 0 Å². The summed E-state index contributed by atoms with van der Waals surface area (Å²) in [5, 5.41) is 1.93. The third kappa shape index (κ3) is 6.01. The predicted molar refractivity (Wildman–Crippen MR) is 68.9 cm³/mol. The first-order chi connectivity index (χ1) is 5.99. The van der Waals surface area contributed by atoms with Crippen molar-refractivity contribution in [2.45, 2.75) is 39.9 Å². The molecule has 0 bridgehead atoms. The molecule has 0 saturated carbocycles. The fourth-order valence-corrected chi connectivity index (χ4v) is 3.60. The Morgan fingerprint density at radius 1 is 1.00 bits per heavy atom. The first-order valence-corrected chi connectivity index (χ1v) is 7.33. The Bertz CT molecular complexity index is 123. The van der Waals surface area contributed by atoms with Crippen molar-refractivity contribution in [3.8, 4) is 0 Å². The Morgan fingerprint density at radius 3 is 1.85 bits per heavy atom. The Balaban J connectivity index is 3.72. The zero-order valence-electron chi connectivity index (χ0n) is 9.51. The van der Waals surface area contributed by atoms with Crippen molar-refractivity contribution in [2.75, 3.05) is 11.1 Å². The molecule has 80 valence electrons. The van der Waals surface area contributed by atoms with Crippen molar-refractivity contribution in [3.63, 3.8) is 0 Å². The second-order valence-corrected chi connectivity index (χ2v) is 6.50. The summed E-state index contributed by atoms with van der Waals surface area (Å²) in [7, 11) is 0. The summed E-state index contributed by atoms with van der Waals surface area (Å²) in [5.74, 6) is 3.72. The van der Waals surface area contributed by atoms with Crippen LogP contribution in [-0.2, 0) is 0 Å². The van der Waals surface area contributed by atoms with E-state index >= 15 is 0 Å². The van der Waals surface area contributed by atoms with Crippen LogP contribution >= 0.6 is 27.7 Å². The normalized spacial score (nSPS) is 16.6. The minimum atomic E-state index is 0.792. The molecule has 0 aliphatic heterocycles. The van der Waals surface area contributed by atoms with Gasteiger partial charge < -0.3 is 0 Å². The zero-order chi connectivity index (χ0) is 10.4. The van der Waals surface area contributed by atoms with Crippen LogP contribution in [0.15, 0.2) is 0 Å². The molecular formula is C11H23BrS. The minimum absolute atomic E-state index is 0.792. The van der Waals surface area contributed by atoms with E-state index in [4.69, 9.17) is 0 Å². The number of halogens is 1. The summed E-state index contributed by atoms with van der Waals surface area (Å²) in [6.07, 6.45) is 0. The average molecular weight is 267 g/mol. The SMILES string of the molecule is CC(C)C(CBr)CSC(C)C(C)C. The van der Waals surface area contributed by atoms with Gasteiger partial charge >= 0.3 is 0 Å². The molecule has 0 saturated heterocycles. The van der Waals surface area contributed by atoms with Gasteiger partial charge in [-0.2, -0.15) is 11.8 Å². The van der Waals surface area contributed by atoms with Gasteiger partial charge in [0, 0.05) is 10.6 Å². The van der Waals surface area contributed by atoms with Gasteiger partial charge in [0.2, 0.25) is 0 Å². The fraction of sp³-hybridized carbons (Fsp3) is 1.00. The highest BCUT2D eigenvalue weighted by Crippen LogP contribution is 2.25. The predicted octanol–water partition coefficient (Wildman–Crippen LogP) is 4.43. The summed E-state index contributed by atoms with van der Waals surface area (Å²) in [6.45, 7) is 11.6. The lowest BCUT2D eigenvalue weighted by molar-refractivity contribution is 0.473. The van der Waals surface area contributed by atoms with Crippen molar-refractivity contribution in [3.05, 3.63) is 0 Å². The van der Waals surface area contributed by atoms with E-state index in [0.717, 1.165) is 28.3 Å². The number of alkyl halides is 1. The van der Waals surface area contributed by atoms with Crippen molar-refractivity contribution >= 4 is 27.7 Å². The molecule has 0 amide bonds. The van der Waals surface area contributed by atoms with Crippen LogP contribution in [-0.4, -0.2) is 16.3 Å². The molecule has 13 heavy (non-hydrogen) atoms. The van der Waals surface area contributed by atoms with E-state index in [0.29, 0.717) is 0 Å². The highest BCUT2D eigenvalue weighted by molar-refractivity contribution is 9.09. The minimum Gasteiger partial charge on any atom is -0.158 e. The van der Waals surface area contributed by atoms with E-state index in [1.54, 1.807) is 0 Å². The molecule has 2 heteroatoms. The Hall–Kier alpha value is 0.830. The summed E-state index contributed by atoms with van der Waals surface area (Å²) >= 11 is 5.71. The van der Waals surface area contributed by atoms with Gasteiger partial charge in [0.1, 0.15) is 0 Å². The second kappa shape index (κ2) is 7.17. The lowest BCUT2D eigenvalue weighted by atomic mass is 10.0. The summed E-state index contributed by atoms with van der Waals surface area (Å²) in [4.78, 5) is 0. The van der Waals surface area contributed by atoms with E-state index in [9.17, 15) is 0 Å². The molecule has 0 aromatic carbocycles. The van der Waals surface area contributed by atoms with Crippen LogP contribution in [0.2, 0.25) is 0 Å². The van der Waals surface area contributed by atoms with Gasteiger partial charge in [-0.15, -0.1) is 0 Å². The van der Waals surface area contributed by atoms with E-state index < -0.39 is 0 Å². The molecule has 2 atom stereocenters. The average Bonchev–Trinajstić information content (AvgIpc) is 2.04. The van der Waals surface area contributed by atoms with Gasteiger partial charge in [-0.3, -0.25) is 0 Å². The standard InChI is InChI=1S/C11H23BrS/c1-8(2)10(5)13-7-11(6-12)9(3)4/h8-11H,6-7H2,1-5H3. The molecule has 0 rings (SSSR count). The monoisotopic (exact) mass is 266 g/mol. The highest BCUT2D eigenvalue weighted by atomic mass is 79.9. The number of hydrogen-bond acceptors (Lipinski definition) is 1. The molecule has 2 unspecified atom stereocenters. The Labute approximate surface area is 96.4 Å². The lowest BCUT2D eigenvalue weighted by Crippen LogP contribution is -2.16. The van der Waals surface area contributed by atoms with Crippen LogP contribution in [0.5, 0.6) is 0 Å².